The van der Waals surface area contributed by atoms with E-state index in [1.165, 1.54) is 76.6 Å². The molecule has 13 rings (SSSR count). The molecule has 0 aliphatic rings. The number of nitrogens with zero attached hydrogens (tertiary/aromatic N) is 6. The van der Waals surface area contributed by atoms with Crippen LogP contribution >= 0.6 is 0 Å². The van der Waals surface area contributed by atoms with Gasteiger partial charge in [-0.05, 0) is 153 Å². The molecule has 4 aromatic heterocycles. The van der Waals surface area contributed by atoms with Gasteiger partial charge >= 0.3 is 0 Å². The van der Waals surface area contributed by atoms with Crippen LogP contribution in [0.2, 0.25) is 0 Å². The molecule has 6 nitrogen and oxygen atoms in total. The number of rotatable bonds is 6. The average Bonchev–Trinajstić information content (AvgIpc) is 4.30. The van der Waals surface area contributed by atoms with Crippen molar-refractivity contribution in [2.75, 3.05) is 0 Å². The van der Waals surface area contributed by atoms with Crippen molar-refractivity contribution < 1.29 is 0 Å². The lowest BCUT2D eigenvalue weighted by atomic mass is 9.85. The monoisotopic (exact) mass is 1030 g/mol. The summed E-state index contributed by atoms with van der Waals surface area (Å²) < 4.78 is 7.40. The Hall–Kier alpha value is -8.61. The highest BCUT2D eigenvalue weighted by molar-refractivity contribution is 6.14. The van der Waals surface area contributed by atoms with Crippen LogP contribution in [0.25, 0.3) is 117 Å². The largest absolute Gasteiger partial charge is 0.309 e. The molecule has 6 heteroatoms. The topological polar surface area (TPSA) is 53.5 Å². The minimum Gasteiger partial charge on any atom is -0.309 e. The van der Waals surface area contributed by atoms with Gasteiger partial charge in [0.2, 0.25) is 0 Å². The molecule has 0 radical (unpaired) electrons. The second-order valence-electron chi connectivity index (χ2n) is 25.9. The van der Waals surface area contributed by atoms with Crippen LogP contribution in [-0.4, -0.2) is 28.7 Å². The number of aromatic nitrogens is 6. The van der Waals surface area contributed by atoms with Gasteiger partial charge in [0.25, 0.3) is 0 Å². The van der Waals surface area contributed by atoms with Gasteiger partial charge in [-0.25, -0.2) is 15.0 Å². The number of benzene rings is 9. The van der Waals surface area contributed by atoms with Crippen LogP contribution in [0.4, 0.5) is 0 Å². The minimum atomic E-state index is 0.00254. The molecule has 0 unspecified atom stereocenters. The number of hydrogen-bond acceptors (Lipinski definition) is 3. The Kier molecular flexibility index (Phi) is 11.4. The van der Waals surface area contributed by atoms with Crippen molar-refractivity contribution in [1.82, 2.24) is 28.7 Å². The smallest absolute Gasteiger partial charge is 0.164 e. The normalized spacial score (nSPS) is 12.8. The molecule has 0 spiro atoms. The predicted molar refractivity (Wildman–Crippen MR) is 334 cm³/mol. The zero-order chi connectivity index (χ0) is 54.9. The van der Waals surface area contributed by atoms with Gasteiger partial charge in [0.15, 0.2) is 17.5 Å². The highest BCUT2D eigenvalue weighted by atomic mass is 15.0. The first-order chi connectivity index (χ1) is 37.7. The zero-order valence-corrected chi connectivity index (χ0v) is 47.7. The molecule has 13 aromatic rings. The number of hydrogen-bond donors (Lipinski definition) is 0. The first-order valence-electron chi connectivity index (χ1n) is 27.9. The van der Waals surface area contributed by atoms with E-state index in [0.717, 1.165) is 44.8 Å². The van der Waals surface area contributed by atoms with Crippen molar-refractivity contribution in [1.29, 1.82) is 0 Å². The molecule has 0 saturated heterocycles. The van der Waals surface area contributed by atoms with Crippen LogP contribution < -0.4 is 0 Å². The molecular formula is C73H68N6. The van der Waals surface area contributed by atoms with Crippen LogP contribution in [-0.2, 0) is 21.7 Å². The van der Waals surface area contributed by atoms with Crippen molar-refractivity contribution in [2.24, 2.45) is 0 Å². The van der Waals surface area contributed by atoms with Crippen molar-refractivity contribution in [3.05, 3.63) is 216 Å². The summed E-state index contributed by atoms with van der Waals surface area (Å²) in [6.07, 6.45) is 0. The summed E-state index contributed by atoms with van der Waals surface area (Å²) in [6, 6.07) is 71.6. The van der Waals surface area contributed by atoms with Gasteiger partial charge in [-0.15, -0.1) is 0 Å². The van der Waals surface area contributed by atoms with E-state index < -0.39 is 0 Å². The molecule has 0 atom stereocenters. The molecule has 0 saturated carbocycles. The van der Waals surface area contributed by atoms with Crippen LogP contribution in [0.1, 0.15) is 105 Å². The third-order valence-corrected chi connectivity index (χ3v) is 16.3. The summed E-state index contributed by atoms with van der Waals surface area (Å²) in [5.74, 6) is 1.91. The summed E-state index contributed by atoms with van der Waals surface area (Å²) >= 11 is 0. The summed E-state index contributed by atoms with van der Waals surface area (Å²) in [5.41, 5.74) is 18.5. The van der Waals surface area contributed by atoms with E-state index in [1.54, 1.807) is 0 Å². The standard InChI is InChI=1S/C73H68N6/c1-70(2,3)48-25-33-61-55(39-48)56-40-49(71(4,5)6)26-34-62(56)78(61)53-31-37-65-59(43-53)60-44-54(79-63-35-27-50(72(7,8)9)41-57(63)58-42-51(73(10,11)12)28-36-64(58)79)32-38-66(60)77(65)52-29-23-47(24-30-52)69-75-67(45-19-15-13-16-20-45)74-68(76-69)46-21-17-14-18-22-46/h13-44H,1-12H3. The van der Waals surface area contributed by atoms with Crippen molar-refractivity contribution in [2.45, 2.75) is 105 Å². The fourth-order valence-electron chi connectivity index (χ4n) is 11.7. The van der Waals surface area contributed by atoms with Crippen LogP contribution in [0.3, 0.4) is 0 Å². The average molecular weight is 1030 g/mol. The van der Waals surface area contributed by atoms with Gasteiger partial charge in [-0.1, -0.05) is 168 Å². The number of fused-ring (bicyclic) bond motifs is 9. The highest BCUT2D eigenvalue weighted by Crippen LogP contribution is 2.43. The van der Waals surface area contributed by atoms with Crippen LogP contribution in [0.5, 0.6) is 0 Å². The summed E-state index contributed by atoms with van der Waals surface area (Å²) in [6.45, 7) is 27.7. The molecule has 79 heavy (non-hydrogen) atoms. The molecular weight excluding hydrogens is 961 g/mol. The summed E-state index contributed by atoms with van der Waals surface area (Å²) in [4.78, 5) is 15.1. The Morgan fingerprint density at radius 3 is 0.772 bits per heavy atom. The van der Waals surface area contributed by atoms with E-state index in [4.69, 9.17) is 15.0 Å². The molecule has 0 fully saturated rings. The lowest BCUT2D eigenvalue weighted by Crippen LogP contribution is -2.10. The maximum Gasteiger partial charge on any atom is 0.164 e. The minimum absolute atomic E-state index is 0.00254. The summed E-state index contributed by atoms with van der Waals surface area (Å²) in [5, 5.41) is 7.46. The molecule has 0 N–H and O–H groups in total. The lowest BCUT2D eigenvalue weighted by molar-refractivity contribution is 0.590. The van der Waals surface area contributed by atoms with E-state index in [0.29, 0.717) is 17.5 Å². The Morgan fingerprint density at radius 2 is 0.481 bits per heavy atom. The van der Waals surface area contributed by atoms with Gasteiger partial charge in [-0.2, -0.15) is 0 Å². The van der Waals surface area contributed by atoms with E-state index in [9.17, 15) is 0 Å². The quantitative estimate of drug-likeness (QED) is 0.167. The fourth-order valence-corrected chi connectivity index (χ4v) is 11.7. The summed E-state index contributed by atoms with van der Waals surface area (Å²) in [7, 11) is 0. The zero-order valence-electron chi connectivity index (χ0n) is 47.7. The maximum atomic E-state index is 5.08. The third-order valence-electron chi connectivity index (χ3n) is 16.3. The Bertz CT molecular complexity index is 4130. The van der Waals surface area contributed by atoms with E-state index in [-0.39, 0.29) is 21.7 Å². The van der Waals surface area contributed by atoms with Crippen molar-refractivity contribution >= 4 is 65.4 Å². The molecule has 4 heterocycles. The highest BCUT2D eigenvalue weighted by Gasteiger charge is 2.25. The van der Waals surface area contributed by atoms with E-state index >= 15 is 0 Å². The van der Waals surface area contributed by atoms with E-state index in [1.807, 2.05) is 36.4 Å². The first-order valence-corrected chi connectivity index (χ1v) is 27.9. The van der Waals surface area contributed by atoms with Crippen molar-refractivity contribution in [3.63, 3.8) is 0 Å². The molecule has 0 amide bonds. The first kappa shape index (κ1) is 49.9. The molecule has 9 aromatic carbocycles. The second-order valence-corrected chi connectivity index (χ2v) is 25.9. The second kappa shape index (κ2) is 18.0. The molecule has 0 aliphatic carbocycles. The van der Waals surface area contributed by atoms with Crippen LogP contribution in [0.15, 0.2) is 194 Å². The van der Waals surface area contributed by atoms with Gasteiger partial charge in [0, 0.05) is 66.1 Å². The van der Waals surface area contributed by atoms with Gasteiger partial charge in [0.1, 0.15) is 0 Å². The molecule has 0 bridgehead atoms. The van der Waals surface area contributed by atoms with Crippen molar-refractivity contribution in [3.8, 4) is 51.2 Å². The van der Waals surface area contributed by atoms with Gasteiger partial charge < -0.3 is 13.7 Å². The van der Waals surface area contributed by atoms with Gasteiger partial charge in [-0.3, -0.25) is 0 Å². The third kappa shape index (κ3) is 8.60. The SMILES string of the molecule is CC(C)(C)c1ccc2c(c1)c1cc(C(C)(C)C)ccc1n2-c1ccc2c(c1)c1cc(-n3c4ccc(C(C)(C)C)cc4c4cc(C(C)(C)C)ccc43)ccc1n2-c1ccc(-c2nc(-c3ccccc3)nc(-c3ccccc3)n2)cc1. The Labute approximate surface area is 464 Å². The molecule has 390 valence electrons. The van der Waals surface area contributed by atoms with Gasteiger partial charge in [0.05, 0.1) is 33.1 Å². The fraction of sp³-hybridized carbons (Fsp3) is 0.219. The maximum absolute atomic E-state index is 5.08. The lowest BCUT2D eigenvalue weighted by Gasteiger charge is -2.19. The Morgan fingerprint density at radius 1 is 0.241 bits per heavy atom. The van der Waals surface area contributed by atoms with Crippen LogP contribution in [0, 0.1) is 0 Å². The Balaban J connectivity index is 1.04. The predicted octanol–water partition coefficient (Wildman–Crippen LogP) is 19.4. The molecule has 0 aliphatic heterocycles. The van der Waals surface area contributed by atoms with E-state index in [2.05, 4.69) is 255 Å².